The number of halogens is 1. The Hall–Kier alpha value is -5.72. The molecule has 0 radical (unpaired) electrons. The Labute approximate surface area is 263 Å². The first kappa shape index (κ1) is 30.3. The van der Waals surface area contributed by atoms with Crippen LogP contribution in [0.2, 0.25) is 0 Å². The van der Waals surface area contributed by atoms with Gasteiger partial charge in [-0.05, 0) is 49.1 Å². The van der Waals surface area contributed by atoms with E-state index in [2.05, 4.69) is 30.8 Å². The predicted octanol–water partition coefficient (Wildman–Crippen LogP) is 4.22. The van der Waals surface area contributed by atoms with Crippen molar-refractivity contribution >= 4 is 40.5 Å². The van der Waals surface area contributed by atoms with Crippen LogP contribution in [0.25, 0.3) is 22.6 Å². The second-order valence-corrected chi connectivity index (χ2v) is 11.2. The third-order valence-corrected chi connectivity index (χ3v) is 8.02. The fraction of sp³-hybridized carbons (Fsp3) is 0.242. The van der Waals surface area contributed by atoms with E-state index in [4.69, 9.17) is 10.6 Å². The van der Waals surface area contributed by atoms with Gasteiger partial charge in [0.05, 0.1) is 17.5 Å². The Morgan fingerprint density at radius 1 is 1.07 bits per heavy atom. The molecule has 1 aliphatic rings. The van der Waals surface area contributed by atoms with Crippen LogP contribution in [-0.2, 0) is 37.6 Å². The summed E-state index contributed by atoms with van der Waals surface area (Å²) in [7, 11) is 0. The van der Waals surface area contributed by atoms with Crippen LogP contribution in [0.4, 0.5) is 16.0 Å². The number of nitrogen functional groups attached to an aromatic ring is 1. The fourth-order valence-electron chi connectivity index (χ4n) is 5.54. The number of hydroxylamine groups is 1. The molecule has 0 saturated heterocycles. The average molecular weight is 623 g/mol. The van der Waals surface area contributed by atoms with E-state index in [1.165, 1.54) is 6.07 Å². The van der Waals surface area contributed by atoms with Crippen LogP contribution in [0.5, 0.6) is 0 Å². The van der Waals surface area contributed by atoms with E-state index in [1.54, 1.807) is 54.2 Å². The lowest BCUT2D eigenvalue weighted by atomic mass is 9.77. The maximum Gasteiger partial charge on any atom is 0.332 e. The number of fused-ring (bicyclic) bond motifs is 2. The number of carbonyl (C=O) groups excluding carboxylic acids is 3. The van der Waals surface area contributed by atoms with Crippen LogP contribution in [0.1, 0.15) is 55.4 Å². The van der Waals surface area contributed by atoms with Crippen molar-refractivity contribution in [2.24, 2.45) is 0 Å². The number of aryl methyl sites for hydroxylation is 1. The number of anilines is 2. The summed E-state index contributed by atoms with van der Waals surface area (Å²) >= 11 is 0. The van der Waals surface area contributed by atoms with Gasteiger partial charge in [0.25, 0.3) is 5.91 Å². The van der Waals surface area contributed by atoms with Crippen molar-refractivity contribution in [2.45, 2.75) is 51.5 Å². The Balaban J connectivity index is 1.25. The average Bonchev–Trinajstić information content (AvgIpc) is 3.55. The van der Waals surface area contributed by atoms with E-state index in [-0.39, 0.29) is 48.6 Å². The number of hydrogen-bond acceptors (Lipinski definition) is 9. The molecule has 1 unspecified atom stereocenters. The summed E-state index contributed by atoms with van der Waals surface area (Å²) in [5, 5.41) is 8.19. The van der Waals surface area contributed by atoms with Gasteiger partial charge in [0.2, 0.25) is 5.91 Å². The second kappa shape index (κ2) is 12.3. The van der Waals surface area contributed by atoms with Gasteiger partial charge in [0.15, 0.2) is 11.5 Å². The van der Waals surface area contributed by atoms with Crippen molar-refractivity contribution in [3.63, 3.8) is 0 Å². The molecule has 0 bridgehead atoms. The minimum atomic E-state index is -1.19. The van der Waals surface area contributed by atoms with Gasteiger partial charge in [0.1, 0.15) is 28.6 Å². The highest BCUT2D eigenvalue weighted by molar-refractivity contribution is 6.09. The van der Waals surface area contributed by atoms with Crippen LogP contribution in [0.15, 0.2) is 66.9 Å². The highest BCUT2D eigenvalue weighted by atomic mass is 19.1. The van der Waals surface area contributed by atoms with Gasteiger partial charge in [0, 0.05) is 24.6 Å². The number of amides is 2. The number of hydrogen-bond donors (Lipinski definition) is 3. The summed E-state index contributed by atoms with van der Waals surface area (Å²) in [5.74, 6) is -0.996. The number of nitrogens with two attached hydrogens (primary N) is 1. The summed E-state index contributed by atoms with van der Waals surface area (Å²) in [6.07, 6.45) is 2.99. The van der Waals surface area contributed by atoms with Gasteiger partial charge >= 0.3 is 5.97 Å². The van der Waals surface area contributed by atoms with Gasteiger partial charge < -0.3 is 15.9 Å². The molecule has 0 fully saturated rings. The van der Waals surface area contributed by atoms with E-state index in [9.17, 15) is 18.8 Å². The highest BCUT2D eigenvalue weighted by Gasteiger charge is 2.47. The maximum atomic E-state index is 14.5. The van der Waals surface area contributed by atoms with Gasteiger partial charge in [-0.3, -0.25) is 9.59 Å². The fourth-order valence-corrected chi connectivity index (χ4v) is 5.54. The van der Waals surface area contributed by atoms with E-state index >= 15 is 0 Å². The molecule has 4 N–H and O–H groups in total. The van der Waals surface area contributed by atoms with E-state index in [0.717, 1.165) is 5.56 Å². The summed E-state index contributed by atoms with van der Waals surface area (Å²) in [6, 6.07) is 17.3. The lowest BCUT2D eigenvalue weighted by molar-refractivity contribution is -0.158. The molecule has 12 nitrogen and oxygen atoms in total. The minimum absolute atomic E-state index is 0.111. The molecule has 0 aliphatic carbocycles. The van der Waals surface area contributed by atoms with Crippen LogP contribution < -0.4 is 16.5 Å². The summed E-state index contributed by atoms with van der Waals surface area (Å²) in [4.78, 5) is 55.5. The quantitative estimate of drug-likeness (QED) is 0.204. The van der Waals surface area contributed by atoms with Crippen molar-refractivity contribution in [1.29, 1.82) is 0 Å². The molecule has 4 heterocycles. The number of aromatic nitrogens is 5. The van der Waals surface area contributed by atoms with Crippen molar-refractivity contribution in [2.75, 3.05) is 11.1 Å². The molecular formula is C33H31FN8O4. The molecule has 1 atom stereocenters. The van der Waals surface area contributed by atoms with Crippen LogP contribution >= 0.6 is 0 Å². The molecule has 0 spiro atoms. The third-order valence-electron chi connectivity index (χ3n) is 8.02. The Morgan fingerprint density at radius 3 is 2.61 bits per heavy atom. The first-order valence-electron chi connectivity index (χ1n) is 14.8. The van der Waals surface area contributed by atoms with Crippen LogP contribution in [-0.4, -0.2) is 42.5 Å². The number of rotatable bonds is 9. The number of nitrogens with zero attached hydrogens (tertiary/aromatic N) is 5. The lowest BCUT2D eigenvalue weighted by Crippen LogP contribution is -2.33. The molecule has 1 aliphatic heterocycles. The molecule has 5 aromatic rings. The third kappa shape index (κ3) is 5.62. The first-order valence-corrected chi connectivity index (χ1v) is 14.8. The van der Waals surface area contributed by atoms with E-state index < -0.39 is 17.3 Å². The van der Waals surface area contributed by atoms with E-state index in [0.29, 0.717) is 46.3 Å². The maximum absolute atomic E-state index is 14.5. The monoisotopic (exact) mass is 622 g/mol. The van der Waals surface area contributed by atoms with E-state index in [1.807, 2.05) is 25.1 Å². The number of carbonyl (C=O) groups is 3. The number of pyridine rings is 1. The molecule has 234 valence electrons. The number of nitrogens with one attached hydrogen (secondary N) is 2. The van der Waals surface area contributed by atoms with Crippen LogP contribution in [0.3, 0.4) is 0 Å². The van der Waals surface area contributed by atoms with Crippen molar-refractivity contribution in [3.05, 3.63) is 94.9 Å². The zero-order chi connectivity index (χ0) is 32.4. The van der Waals surface area contributed by atoms with Crippen LogP contribution in [0, 0.1) is 5.82 Å². The molecule has 46 heavy (non-hydrogen) atoms. The molecule has 3 aromatic heterocycles. The smallest absolute Gasteiger partial charge is 0.332 e. The van der Waals surface area contributed by atoms with Crippen molar-refractivity contribution in [1.82, 2.24) is 30.2 Å². The number of benzene rings is 2. The Bertz CT molecular complexity index is 1980. The Kier molecular flexibility index (Phi) is 8.14. The summed E-state index contributed by atoms with van der Waals surface area (Å²) in [6.45, 7) is 3.74. The highest BCUT2D eigenvalue weighted by Crippen LogP contribution is 2.45. The van der Waals surface area contributed by atoms with Gasteiger partial charge in [-0.2, -0.15) is 10.6 Å². The standard InChI is InChI=1S/C33H31FN8O4/c1-3-7-25(44)46-41-24(43)16-13-19-11-14-21(15-12-19)33(2)26-28(35)37-30(38-29(26)39-32(33)45)27-22-9-6-17-36-31(22)42(40-27)18-20-8-4-5-10-23(20)34/h4-6,8-12,14-15,17H,3,7,13,16,18H2,1-2H3,(H,41,43)(H3,35,37,38,39,45). The molecule has 2 amide bonds. The molecule has 0 saturated carbocycles. The zero-order valence-corrected chi connectivity index (χ0v) is 25.2. The molecule has 2 aromatic carbocycles. The first-order chi connectivity index (χ1) is 22.2. The Morgan fingerprint density at radius 2 is 1.85 bits per heavy atom. The molecule has 6 rings (SSSR count). The second-order valence-electron chi connectivity index (χ2n) is 11.2. The van der Waals surface area contributed by atoms with Gasteiger partial charge in [-0.1, -0.05) is 49.4 Å². The largest absolute Gasteiger partial charge is 0.383 e. The summed E-state index contributed by atoms with van der Waals surface area (Å²) < 4.78 is 16.0. The summed E-state index contributed by atoms with van der Waals surface area (Å²) in [5.41, 5.74) is 10.8. The molecule has 13 heteroatoms. The SMILES string of the molecule is CCCC(=O)ONC(=O)CCc1ccc(C2(C)C(=O)Nc3nc(-c4nn(Cc5ccccc5F)c5ncccc45)nc(N)c32)cc1. The predicted molar refractivity (Wildman–Crippen MR) is 167 cm³/mol. The van der Waals surface area contributed by atoms with Gasteiger partial charge in [-0.15, -0.1) is 0 Å². The van der Waals surface area contributed by atoms with Crippen molar-refractivity contribution in [3.8, 4) is 11.5 Å². The van der Waals surface area contributed by atoms with Crippen molar-refractivity contribution < 1.29 is 23.6 Å². The normalized spacial score (nSPS) is 15.4. The molecular weight excluding hydrogens is 591 g/mol. The zero-order valence-electron chi connectivity index (χ0n) is 25.2. The minimum Gasteiger partial charge on any atom is -0.383 e. The topological polar surface area (TPSA) is 167 Å². The lowest BCUT2D eigenvalue weighted by Gasteiger charge is -2.23. The van der Waals surface area contributed by atoms with Gasteiger partial charge in [-0.25, -0.2) is 28.8 Å².